The number of nitrogens with zero attached hydrogens (tertiary/aromatic N) is 2. The van der Waals surface area contributed by atoms with Crippen LogP contribution in [0.2, 0.25) is 5.02 Å². The smallest absolute Gasteiger partial charge is 0.259 e. The standard InChI is InChI=1S/C12H18ClN3O3S/c1-12(2,3)15-20(18,19)10-9(11(17)16(4)5)6-8(13)7-14-10/h6-7,15H,1-5H3. The average Bonchev–Trinajstić information content (AvgIpc) is 2.23. The maximum Gasteiger partial charge on any atom is 0.259 e. The molecule has 0 unspecified atom stereocenters. The SMILES string of the molecule is CN(C)C(=O)c1cc(Cl)cnc1S(=O)(=O)NC(C)(C)C. The summed E-state index contributed by atoms with van der Waals surface area (Å²) in [7, 11) is -0.862. The van der Waals surface area contributed by atoms with Crippen LogP contribution in [-0.4, -0.2) is 43.8 Å². The molecule has 1 amide bonds. The lowest BCUT2D eigenvalue weighted by atomic mass is 10.1. The maximum atomic E-state index is 12.3. The molecule has 6 nitrogen and oxygen atoms in total. The minimum absolute atomic E-state index is 0.0562. The minimum Gasteiger partial charge on any atom is -0.345 e. The Labute approximate surface area is 124 Å². The summed E-state index contributed by atoms with van der Waals surface area (Å²) in [5.74, 6) is -0.478. The van der Waals surface area contributed by atoms with E-state index in [1.54, 1.807) is 20.8 Å². The first-order valence-corrected chi connectivity index (χ1v) is 7.71. The van der Waals surface area contributed by atoms with Gasteiger partial charge in [-0.05, 0) is 26.8 Å². The molecule has 0 bridgehead atoms. The molecule has 1 N–H and O–H groups in total. The molecule has 0 aliphatic heterocycles. The molecule has 0 fully saturated rings. The van der Waals surface area contributed by atoms with Crippen LogP contribution in [0.1, 0.15) is 31.1 Å². The Hall–Kier alpha value is -1.18. The molecule has 1 aromatic rings. The highest BCUT2D eigenvalue weighted by molar-refractivity contribution is 7.89. The third kappa shape index (κ3) is 4.16. The molecule has 0 saturated carbocycles. The van der Waals surface area contributed by atoms with Crippen LogP contribution in [0.4, 0.5) is 0 Å². The molecule has 1 rings (SSSR count). The van der Waals surface area contributed by atoms with Crippen LogP contribution in [-0.2, 0) is 10.0 Å². The lowest BCUT2D eigenvalue weighted by Gasteiger charge is -2.21. The van der Waals surface area contributed by atoms with Gasteiger partial charge in [-0.2, -0.15) is 0 Å². The zero-order valence-electron chi connectivity index (χ0n) is 12.1. The van der Waals surface area contributed by atoms with Gasteiger partial charge >= 0.3 is 0 Å². The first kappa shape index (κ1) is 16.9. The number of carbonyl (C=O) groups excluding carboxylic acids is 1. The zero-order chi connectivity index (χ0) is 15.7. The normalized spacial score (nSPS) is 12.3. The number of sulfonamides is 1. The number of amides is 1. The first-order chi connectivity index (χ1) is 8.94. The van der Waals surface area contributed by atoms with E-state index in [4.69, 9.17) is 11.6 Å². The summed E-state index contributed by atoms with van der Waals surface area (Å²) in [5.41, 5.74) is -0.738. The van der Waals surface area contributed by atoms with E-state index >= 15 is 0 Å². The number of aromatic nitrogens is 1. The highest BCUT2D eigenvalue weighted by Crippen LogP contribution is 2.20. The topological polar surface area (TPSA) is 79.4 Å². The summed E-state index contributed by atoms with van der Waals surface area (Å²) in [6.07, 6.45) is 1.20. The summed E-state index contributed by atoms with van der Waals surface area (Å²) in [6.45, 7) is 5.11. The maximum absolute atomic E-state index is 12.3. The van der Waals surface area contributed by atoms with Crippen molar-refractivity contribution in [3.05, 3.63) is 22.8 Å². The summed E-state index contributed by atoms with van der Waals surface area (Å²) >= 11 is 5.80. The van der Waals surface area contributed by atoms with Crippen molar-refractivity contribution in [1.29, 1.82) is 0 Å². The summed E-state index contributed by atoms with van der Waals surface area (Å²) in [4.78, 5) is 17.1. The molecule has 0 aliphatic carbocycles. The molecular weight excluding hydrogens is 302 g/mol. The van der Waals surface area contributed by atoms with Crippen molar-refractivity contribution in [3.8, 4) is 0 Å². The van der Waals surface area contributed by atoms with Crippen LogP contribution in [0.5, 0.6) is 0 Å². The Morgan fingerprint density at radius 1 is 1.35 bits per heavy atom. The van der Waals surface area contributed by atoms with E-state index < -0.39 is 21.5 Å². The Balaban J connectivity index is 3.42. The van der Waals surface area contributed by atoms with Crippen molar-refractivity contribution in [2.75, 3.05) is 14.1 Å². The molecule has 0 atom stereocenters. The van der Waals surface area contributed by atoms with Crippen LogP contribution < -0.4 is 4.72 Å². The van der Waals surface area contributed by atoms with Crippen LogP contribution in [0.3, 0.4) is 0 Å². The molecule has 0 spiro atoms. The van der Waals surface area contributed by atoms with Crippen LogP contribution in [0, 0.1) is 0 Å². The number of carbonyl (C=O) groups is 1. The third-order valence-electron chi connectivity index (χ3n) is 2.15. The van der Waals surface area contributed by atoms with Crippen molar-refractivity contribution >= 4 is 27.5 Å². The zero-order valence-corrected chi connectivity index (χ0v) is 13.6. The highest BCUT2D eigenvalue weighted by atomic mass is 35.5. The second-order valence-electron chi connectivity index (χ2n) is 5.56. The van der Waals surface area contributed by atoms with E-state index in [0.29, 0.717) is 0 Å². The number of rotatable bonds is 3. The molecule has 20 heavy (non-hydrogen) atoms. The second-order valence-corrected chi connectivity index (χ2v) is 7.60. The van der Waals surface area contributed by atoms with E-state index in [2.05, 4.69) is 9.71 Å². The Morgan fingerprint density at radius 2 is 1.90 bits per heavy atom. The molecule has 0 saturated heterocycles. The van der Waals surface area contributed by atoms with Crippen molar-refractivity contribution in [2.24, 2.45) is 0 Å². The van der Waals surface area contributed by atoms with Gasteiger partial charge in [0.15, 0.2) is 5.03 Å². The van der Waals surface area contributed by atoms with E-state index in [9.17, 15) is 13.2 Å². The molecule has 0 radical (unpaired) electrons. The molecule has 112 valence electrons. The fourth-order valence-electron chi connectivity index (χ4n) is 1.49. The summed E-state index contributed by atoms with van der Waals surface area (Å²) < 4.78 is 27.1. The number of halogens is 1. The average molecular weight is 320 g/mol. The monoisotopic (exact) mass is 319 g/mol. The lowest BCUT2D eigenvalue weighted by Crippen LogP contribution is -2.41. The predicted molar refractivity (Wildman–Crippen MR) is 77.3 cm³/mol. The third-order valence-corrected chi connectivity index (χ3v) is 4.07. The van der Waals surface area contributed by atoms with Crippen LogP contribution in [0.15, 0.2) is 17.3 Å². The summed E-state index contributed by atoms with van der Waals surface area (Å²) in [5, 5.41) is -0.125. The largest absolute Gasteiger partial charge is 0.345 e. The number of hydrogen-bond acceptors (Lipinski definition) is 4. The van der Waals surface area contributed by atoms with Gasteiger partial charge in [0.2, 0.25) is 0 Å². The van der Waals surface area contributed by atoms with Crippen molar-refractivity contribution in [3.63, 3.8) is 0 Å². The molecular formula is C12H18ClN3O3S. The van der Waals surface area contributed by atoms with Gasteiger partial charge in [-0.1, -0.05) is 11.6 Å². The number of nitrogens with one attached hydrogen (secondary N) is 1. The van der Waals surface area contributed by atoms with E-state index in [-0.39, 0.29) is 15.6 Å². The number of hydrogen-bond donors (Lipinski definition) is 1. The van der Waals surface area contributed by atoms with Crippen molar-refractivity contribution in [2.45, 2.75) is 31.3 Å². The molecule has 0 aromatic carbocycles. The molecule has 0 aliphatic rings. The van der Waals surface area contributed by atoms with Gasteiger partial charge in [-0.15, -0.1) is 0 Å². The van der Waals surface area contributed by atoms with Crippen molar-refractivity contribution in [1.82, 2.24) is 14.6 Å². The predicted octanol–water partition coefficient (Wildman–Crippen LogP) is 1.51. The number of pyridine rings is 1. The Kier molecular flexibility index (Phi) is 4.78. The van der Waals surface area contributed by atoms with Crippen LogP contribution >= 0.6 is 11.6 Å². The van der Waals surface area contributed by atoms with Gasteiger partial charge in [0.25, 0.3) is 15.9 Å². The van der Waals surface area contributed by atoms with Crippen molar-refractivity contribution < 1.29 is 13.2 Å². The van der Waals surface area contributed by atoms with E-state index in [1.165, 1.54) is 31.3 Å². The summed E-state index contributed by atoms with van der Waals surface area (Å²) in [6, 6.07) is 1.30. The van der Waals surface area contributed by atoms with Crippen LogP contribution in [0.25, 0.3) is 0 Å². The highest BCUT2D eigenvalue weighted by Gasteiger charge is 2.29. The fourth-order valence-corrected chi connectivity index (χ4v) is 3.17. The van der Waals surface area contributed by atoms with Gasteiger partial charge in [0.1, 0.15) is 0 Å². The van der Waals surface area contributed by atoms with Gasteiger partial charge in [0, 0.05) is 25.8 Å². The molecule has 1 heterocycles. The molecule has 8 heteroatoms. The lowest BCUT2D eigenvalue weighted by molar-refractivity contribution is 0.0823. The Morgan fingerprint density at radius 3 is 2.35 bits per heavy atom. The first-order valence-electron chi connectivity index (χ1n) is 5.85. The Bertz CT molecular complexity index is 621. The minimum atomic E-state index is -3.91. The van der Waals surface area contributed by atoms with E-state index in [1.807, 2.05) is 0 Å². The van der Waals surface area contributed by atoms with Gasteiger partial charge < -0.3 is 4.90 Å². The van der Waals surface area contributed by atoms with E-state index in [0.717, 1.165) is 0 Å². The van der Waals surface area contributed by atoms with Gasteiger partial charge in [-0.25, -0.2) is 18.1 Å². The quantitative estimate of drug-likeness (QED) is 0.916. The van der Waals surface area contributed by atoms with Gasteiger partial charge in [-0.3, -0.25) is 4.79 Å². The second kappa shape index (κ2) is 5.67. The molecule has 1 aromatic heterocycles. The fraction of sp³-hybridized carbons (Fsp3) is 0.500. The van der Waals surface area contributed by atoms with Gasteiger partial charge in [0.05, 0.1) is 10.6 Å².